The Morgan fingerprint density at radius 1 is 1.57 bits per heavy atom. The zero-order chi connectivity index (χ0) is 15.7. The van der Waals surface area contributed by atoms with Gasteiger partial charge in [-0.1, -0.05) is 6.07 Å². The molecule has 2 rings (SSSR count). The molecule has 0 aliphatic rings. The van der Waals surface area contributed by atoms with Crippen LogP contribution in [0.15, 0.2) is 22.7 Å². The number of para-hydroxylation sites is 1. The minimum absolute atomic E-state index is 0.0352. The Bertz CT molecular complexity index is 741. The average molecular weight is 354 g/mol. The summed E-state index contributed by atoms with van der Waals surface area (Å²) in [5.41, 5.74) is 6.14. The van der Waals surface area contributed by atoms with Crippen LogP contribution in [-0.2, 0) is 7.05 Å². The van der Waals surface area contributed by atoms with Crippen LogP contribution >= 0.6 is 15.9 Å². The Hall–Kier alpha value is -2.42. The lowest BCUT2D eigenvalue weighted by atomic mass is 10.2. The number of aryl methyl sites for hydroxylation is 2. The van der Waals surface area contributed by atoms with Crippen LogP contribution < -0.4 is 10.5 Å². The first-order valence-electron chi connectivity index (χ1n) is 5.81. The number of nitrogens with zero attached hydrogens (tertiary/aromatic N) is 3. The maximum Gasteiger partial charge on any atom is 0.312 e. The van der Waals surface area contributed by atoms with Crippen LogP contribution in [0.5, 0.6) is 11.6 Å². The van der Waals surface area contributed by atoms with Crippen molar-refractivity contribution in [1.82, 2.24) is 9.78 Å². The Morgan fingerprint density at radius 2 is 2.24 bits per heavy atom. The molecular weight excluding hydrogens is 342 g/mol. The maximum absolute atomic E-state index is 11.1. The number of nitrogen functional groups attached to an aromatic ring is 1. The normalized spacial score (nSPS) is 10.4. The molecule has 0 aliphatic carbocycles. The molecule has 21 heavy (non-hydrogen) atoms. The molecule has 1 aromatic carbocycles. The zero-order valence-corrected chi connectivity index (χ0v) is 12.8. The minimum atomic E-state index is -0.545. The summed E-state index contributed by atoms with van der Waals surface area (Å²) in [6.07, 6.45) is 0. The molecule has 0 radical (unpaired) electrons. The van der Waals surface area contributed by atoms with E-state index < -0.39 is 4.92 Å². The number of amidine groups is 1. The average Bonchev–Trinajstić information content (AvgIpc) is 2.66. The first kappa shape index (κ1) is 15.0. The van der Waals surface area contributed by atoms with Crippen LogP contribution in [0.1, 0.15) is 11.3 Å². The van der Waals surface area contributed by atoms with Gasteiger partial charge < -0.3 is 10.5 Å². The van der Waals surface area contributed by atoms with Gasteiger partial charge in [0.2, 0.25) is 11.6 Å². The Morgan fingerprint density at radius 3 is 2.81 bits per heavy atom. The van der Waals surface area contributed by atoms with Gasteiger partial charge in [-0.25, -0.2) is 4.68 Å². The standard InChI is InChI=1S/C12H12BrN5O3/c1-6-9(11(14)15)12(17(2)16-6)21-10-7(13)4-3-5-8(10)18(19)20/h3-5H,1-2H3,(H3,14,15). The molecule has 0 unspecified atom stereocenters. The van der Waals surface area contributed by atoms with Gasteiger partial charge in [0.05, 0.1) is 15.1 Å². The lowest BCUT2D eigenvalue weighted by Crippen LogP contribution is -2.13. The van der Waals surface area contributed by atoms with Gasteiger partial charge in [0.15, 0.2) is 0 Å². The second kappa shape index (κ2) is 5.52. The SMILES string of the molecule is Cc1nn(C)c(Oc2c(Br)cccc2[N+](=O)[O-])c1C(=N)N. The Kier molecular flexibility index (Phi) is 3.94. The fourth-order valence-electron chi connectivity index (χ4n) is 1.90. The fraction of sp³-hybridized carbons (Fsp3) is 0.167. The highest BCUT2D eigenvalue weighted by Gasteiger charge is 2.24. The van der Waals surface area contributed by atoms with E-state index in [4.69, 9.17) is 15.9 Å². The van der Waals surface area contributed by atoms with E-state index in [1.165, 1.54) is 16.8 Å². The zero-order valence-electron chi connectivity index (χ0n) is 11.3. The van der Waals surface area contributed by atoms with Gasteiger partial charge in [0.1, 0.15) is 11.4 Å². The molecule has 0 saturated heterocycles. The second-order valence-corrected chi connectivity index (χ2v) is 5.10. The predicted molar refractivity (Wildman–Crippen MR) is 79.8 cm³/mol. The van der Waals surface area contributed by atoms with Crippen LogP contribution in [-0.4, -0.2) is 20.5 Å². The van der Waals surface area contributed by atoms with Crippen LogP contribution in [0.3, 0.4) is 0 Å². The Balaban J connectivity index is 2.59. The lowest BCUT2D eigenvalue weighted by Gasteiger charge is -2.10. The van der Waals surface area contributed by atoms with Crippen LogP contribution in [0.2, 0.25) is 0 Å². The molecule has 0 amide bonds. The smallest absolute Gasteiger partial charge is 0.312 e. The first-order chi connectivity index (χ1) is 9.82. The van der Waals surface area contributed by atoms with Crippen LogP contribution in [0.4, 0.5) is 5.69 Å². The number of aromatic nitrogens is 2. The quantitative estimate of drug-likeness (QED) is 0.378. The molecule has 0 saturated carbocycles. The van der Waals surface area contributed by atoms with E-state index >= 15 is 0 Å². The van der Waals surface area contributed by atoms with Crippen molar-refractivity contribution in [2.75, 3.05) is 0 Å². The topological polar surface area (TPSA) is 120 Å². The van der Waals surface area contributed by atoms with Gasteiger partial charge in [-0.15, -0.1) is 0 Å². The monoisotopic (exact) mass is 353 g/mol. The molecule has 0 atom stereocenters. The number of nitrogens with two attached hydrogens (primary N) is 1. The molecule has 3 N–H and O–H groups in total. The lowest BCUT2D eigenvalue weighted by molar-refractivity contribution is -0.385. The van der Waals surface area contributed by atoms with Gasteiger partial charge in [-0.2, -0.15) is 5.10 Å². The van der Waals surface area contributed by atoms with Gasteiger partial charge in [0.25, 0.3) is 0 Å². The molecule has 0 bridgehead atoms. The maximum atomic E-state index is 11.1. The fourth-order valence-corrected chi connectivity index (χ4v) is 2.34. The largest absolute Gasteiger partial charge is 0.430 e. The molecule has 9 heteroatoms. The van der Waals surface area contributed by atoms with Gasteiger partial charge in [-0.3, -0.25) is 15.5 Å². The number of hydrogen-bond donors (Lipinski definition) is 2. The van der Waals surface area contributed by atoms with E-state index in [2.05, 4.69) is 21.0 Å². The number of rotatable bonds is 4. The Labute approximate surface area is 128 Å². The highest BCUT2D eigenvalue weighted by molar-refractivity contribution is 9.10. The van der Waals surface area contributed by atoms with E-state index in [-0.39, 0.29) is 23.2 Å². The molecule has 0 spiro atoms. The van der Waals surface area contributed by atoms with Crippen molar-refractivity contribution in [3.05, 3.63) is 44.0 Å². The molecule has 2 aromatic rings. The summed E-state index contributed by atoms with van der Waals surface area (Å²) >= 11 is 3.22. The number of halogens is 1. The van der Waals surface area contributed by atoms with Crippen molar-refractivity contribution in [1.29, 1.82) is 5.41 Å². The molecule has 8 nitrogen and oxygen atoms in total. The molecule has 110 valence electrons. The van der Waals surface area contributed by atoms with Gasteiger partial charge in [0, 0.05) is 13.1 Å². The predicted octanol–water partition coefficient (Wildman–Crippen LogP) is 2.48. The minimum Gasteiger partial charge on any atom is -0.430 e. The molecule has 0 aliphatic heterocycles. The summed E-state index contributed by atoms with van der Waals surface area (Å²) < 4.78 is 7.44. The summed E-state index contributed by atoms with van der Waals surface area (Å²) in [6.45, 7) is 1.68. The van der Waals surface area contributed by atoms with E-state index in [0.29, 0.717) is 15.7 Å². The number of ether oxygens (including phenoxy) is 1. The molecule has 1 heterocycles. The van der Waals surface area contributed by atoms with Crippen molar-refractivity contribution in [3.8, 4) is 11.6 Å². The molecule has 0 fully saturated rings. The van der Waals surface area contributed by atoms with Crippen LogP contribution in [0.25, 0.3) is 0 Å². The summed E-state index contributed by atoms with van der Waals surface area (Å²) in [5, 5.41) is 22.8. The molecule has 1 aromatic heterocycles. The number of hydrogen-bond acceptors (Lipinski definition) is 5. The van der Waals surface area contributed by atoms with E-state index in [1.807, 2.05) is 0 Å². The van der Waals surface area contributed by atoms with Crippen LogP contribution in [0, 0.1) is 22.4 Å². The molecular formula is C12H12BrN5O3. The summed E-state index contributed by atoms with van der Waals surface area (Å²) in [7, 11) is 1.61. The van der Waals surface area contributed by atoms with Crippen molar-refractivity contribution in [2.45, 2.75) is 6.92 Å². The first-order valence-corrected chi connectivity index (χ1v) is 6.61. The highest BCUT2D eigenvalue weighted by Crippen LogP contribution is 2.39. The van der Waals surface area contributed by atoms with E-state index in [1.54, 1.807) is 20.0 Å². The van der Waals surface area contributed by atoms with Crippen molar-refractivity contribution < 1.29 is 9.66 Å². The van der Waals surface area contributed by atoms with Gasteiger partial charge >= 0.3 is 5.69 Å². The number of benzene rings is 1. The van der Waals surface area contributed by atoms with Crippen molar-refractivity contribution >= 4 is 27.5 Å². The number of nitrogens with one attached hydrogen (secondary N) is 1. The van der Waals surface area contributed by atoms with E-state index in [9.17, 15) is 10.1 Å². The third-order valence-corrected chi connectivity index (χ3v) is 3.41. The third kappa shape index (κ3) is 2.72. The van der Waals surface area contributed by atoms with E-state index in [0.717, 1.165) is 0 Å². The number of nitro benzene ring substituents is 1. The number of nitro groups is 1. The second-order valence-electron chi connectivity index (χ2n) is 4.25. The highest BCUT2D eigenvalue weighted by atomic mass is 79.9. The third-order valence-electron chi connectivity index (χ3n) is 2.78. The summed E-state index contributed by atoms with van der Waals surface area (Å²) in [5.74, 6) is -0.00620. The van der Waals surface area contributed by atoms with Crippen molar-refractivity contribution in [2.24, 2.45) is 12.8 Å². The van der Waals surface area contributed by atoms with Gasteiger partial charge in [-0.05, 0) is 28.9 Å². The summed E-state index contributed by atoms with van der Waals surface area (Å²) in [4.78, 5) is 10.5. The van der Waals surface area contributed by atoms with Crippen molar-refractivity contribution in [3.63, 3.8) is 0 Å². The summed E-state index contributed by atoms with van der Waals surface area (Å²) in [6, 6.07) is 4.49.